The summed E-state index contributed by atoms with van der Waals surface area (Å²) in [6.07, 6.45) is 1.78. The third-order valence-corrected chi connectivity index (χ3v) is 2.63. The van der Waals surface area contributed by atoms with Crippen molar-refractivity contribution in [2.45, 2.75) is 6.92 Å². The van der Waals surface area contributed by atoms with Crippen molar-refractivity contribution < 1.29 is 0 Å². The molecular formula is C13H9ClN2. The third kappa shape index (κ3) is 2.05. The first-order chi connectivity index (χ1) is 7.70. The number of nitriles is 1. The predicted molar refractivity (Wildman–Crippen MR) is 64.1 cm³/mol. The maximum atomic E-state index is 8.74. The summed E-state index contributed by atoms with van der Waals surface area (Å²) in [5.41, 5.74) is 3.38. The molecule has 0 aliphatic carbocycles. The molecule has 16 heavy (non-hydrogen) atoms. The molecule has 0 unspecified atom stereocenters. The maximum absolute atomic E-state index is 8.74. The topological polar surface area (TPSA) is 36.7 Å². The molecule has 3 heteroatoms. The number of rotatable bonds is 1. The number of aromatic nitrogens is 1. The van der Waals surface area contributed by atoms with E-state index in [0.717, 1.165) is 16.8 Å². The van der Waals surface area contributed by atoms with Crippen molar-refractivity contribution in [3.8, 4) is 17.2 Å². The molecule has 1 aromatic heterocycles. The van der Waals surface area contributed by atoms with Crippen LogP contribution in [-0.4, -0.2) is 4.98 Å². The van der Waals surface area contributed by atoms with E-state index in [1.54, 1.807) is 18.3 Å². The van der Waals surface area contributed by atoms with Crippen LogP contribution in [-0.2, 0) is 0 Å². The molecule has 0 fully saturated rings. The fourth-order valence-electron chi connectivity index (χ4n) is 1.45. The average Bonchev–Trinajstić information content (AvgIpc) is 2.30. The molecular weight excluding hydrogens is 220 g/mol. The number of aryl methyl sites for hydroxylation is 1. The first kappa shape index (κ1) is 10.7. The normalized spacial score (nSPS) is 9.81. The first-order valence-electron chi connectivity index (χ1n) is 4.83. The summed E-state index contributed by atoms with van der Waals surface area (Å²) in [5.74, 6) is 0. The van der Waals surface area contributed by atoms with Gasteiger partial charge < -0.3 is 0 Å². The minimum atomic E-state index is 0.564. The monoisotopic (exact) mass is 228 g/mol. The second-order valence-corrected chi connectivity index (χ2v) is 3.90. The van der Waals surface area contributed by atoms with Crippen LogP contribution in [0.15, 0.2) is 36.5 Å². The second kappa shape index (κ2) is 4.34. The van der Waals surface area contributed by atoms with Crippen molar-refractivity contribution in [2.24, 2.45) is 0 Å². The number of halogens is 1. The Hall–Kier alpha value is -1.85. The van der Waals surface area contributed by atoms with Gasteiger partial charge >= 0.3 is 0 Å². The van der Waals surface area contributed by atoms with Crippen LogP contribution in [0.5, 0.6) is 0 Å². The maximum Gasteiger partial charge on any atom is 0.0992 e. The van der Waals surface area contributed by atoms with Crippen molar-refractivity contribution in [1.29, 1.82) is 5.26 Å². The molecule has 1 heterocycles. The van der Waals surface area contributed by atoms with Gasteiger partial charge in [-0.3, -0.25) is 4.98 Å². The van der Waals surface area contributed by atoms with E-state index in [1.807, 2.05) is 25.1 Å². The Labute approximate surface area is 99.1 Å². The molecule has 0 saturated carbocycles. The standard InChI is InChI=1S/C13H9ClN2/c1-9-2-4-11(8-16-9)12-5-3-10(7-15)6-13(12)14/h2-6,8H,1H3. The molecule has 0 aliphatic rings. The fraction of sp³-hybridized carbons (Fsp3) is 0.0769. The first-order valence-corrected chi connectivity index (χ1v) is 5.21. The van der Waals surface area contributed by atoms with Crippen LogP contribution in [0.1, 0.15) is 11.3 Å². The van der Waals surface area contributed by atoms with Crippen LogP contribution in [0.2, 0.25) is 5.02 Å². The summed E-state index contributed by atoms with van der Waals surface area (Å²) in [6, 6.07) is 11.2. The van der Waals surface area contributed by atoms with Gasteiger partial charge in [0.25, 0.3) is 0 Å². The van der Waals surface area contributed by atoms with Crippen LogP contribution in [0.25, 0.3) is 11.1 Å². The van der Waals surface area contributed by atoms with E-state index >= 15 is 0 Å². The summed E-state index contributed by atoms with van der Waals surface area (Å²) >= 11 is 6.10. The van der Waals surface area contributed by atoms with Gasteiger partial charge in [0.05, 0.1) is 11.6 Å². The van der Waals surface area contributed by atoms with Crippen molar-refractivity contribution in [3.63, 3.8) is 0 Å². The van der Waals surface area contributed by atoms with Gasteiger partial charge in [-0.2, -0.15) is 5.26 Å². The van der Waals surface area contributed by atoms with E-state index in [2.05, 4.69) is 11.1 Å². The number of benzene rings is 1. The number of hydrogen-bond donors (Lipinski definition) is 0. The third-order valence-electron chi connectivity index (χ3n) is 2.32. The molecule has 0 spiro atoms. The van der Waals surface area contributed by atoms with Gasteiger partial charge in [-0.1, -0.05) is 23.7 Å². The largest absolute Gasteiger partial charge is 0.261 e. The Balaban J connectivity index is 2.49. The van der Waals surface area contributed by atoms with Gasteiger partial charge in [0.1, 0.15) is 0 Å². The van der Waals surface area contributed by atoms with Crippen LogP contribution >= 0.6 is 11.6 Å². The number of pyridine rings is 1. The van der Waals surface area contributed by atoms with E-state index in [-0.39, 0.29) is 0 Å². The molecule has 2 nitrogen and oxygen atoms in total. The van der Waals surface area contributed by atoms with E-state index < -0.39 is 0 Å². The Kier molecular flexibility index (Phi) is 2.89. The van der Waals surface area contributed by atoms with Gasteiger partial charge in [0.2, 0.25) is 0 Å². The van der Waals surface area contributed by atoms with Crippen LogP contribution in [0.3, 0.4) is 0 Å². The lowest BCUT2D eigenvalue weighted by atomic mass is 10.1. The van der Waals surface area contributed by atoms with Crippen molar-refractivity contribution >= 4 is 11.6 Å². The molecule has 0 N–H and O–H groups in total. The van der Waals surface area contributed by atoms with E-state index in [9.17, 15) is 0 Å². The lowest BCUT2D eigenvalue weighted by Crippen LogP contribution is -1.85. The zero-order chi connectivity index (χ0) is 11.5. The van der Waals surface area contributed by atoms with Crippen molar-refractivity contribution in [3.05, 3.63) is 52.8 Å². The van der Waals surface area contributed by atoms with Gasteiger partial charge in [-0.05, 0) is 25.1 Å². The molecule has 78 valence electrons. The predicted octanol–water partition coefficient (Wildman–Crippen LogP) is 3.58. The highest BCUT2D eigenvalue weighted by atomic mass is 35.5. The molecule has 0 bridgehead atoms. The summed E-state index contributed by atoms with van der Waals surface area (Å²) in [5, 5.41) is 9.31. The van der Waals surface area contributed by atoms with Gasteiger partial charge in [-0.25, -0.2) is 0 Å². The molecule has 0 amide bonds. The zero-order valence-corrected chi connectivity index (χ0v) is 9.49. The van der Waals surface area contributed by atoms with Crippen LogP contribution in [0, 0.1) is 18.3 Å². The SMILES string of the molecule is Cc1ccc(-c2ccc(C#N)cc2Cl)cn1. The van der Waals surface area contributed by atoms with Gasteiger partial charge in [-0.15, -0.1) is 0 Å². The quantitative estimate of drug-likeness (QED) is 0.748. The molecule has 0 radical (unpaired) electrons. The Bertz CT molecular complexity index is 553. The summed E-state index contributed by atoms with van der Waals surface area (Å²) < 4.78 is 0. The van der Waals surface area contributed by atoms with E-state index in [1.165, 1.54) is 0 Å². The fourth-order valence-corrected chi connectivity index (χ4v) is 1.74. The molecule has 1 aromatic carbocycles. The van der Waals surface area contributed by atoms with Gasteiger partial charge in [0, 0.05) is 28.0 Å². The molecule has 0 aliphatic heterocycles. The highest BCUT2D eigenvalue weighted by Gasteiger charge is 2.04. The van der Waals surface area contributed by atoms with Crippen LogP contribution in [0.4, 0.5) is 0 Å². The molecule has 2 aromatic rings. The Morgan fingerprint density at radius 2 is 2.06 bits per heavy atom. The highest BCUT2D eigenvalue weighted by molar-refractivity contribution is 6.33. The van der Waals surface area contributed by atoms with E-state index in [4.69, 9.17) is 16.9 Å². The molecule has 0 atom stereocenters. The molecule has 2 rings (SSSR count). The number of hydrogen-bond acceptors (Lipinski definition) is 2. The van der Waals surface area contributed by atoms with Crippen molar-refractivity contribution in [2.75, 3.05) is 0 Å². The molecule has 0 saturated heterocycles. The van der Waals surface area contributed by atoms with Crippen LogP contribution < -0.4 is 0 Å². The van der Waals surface area contributed by atoms with Crippen molar-refractivity contribution in [1.82, 2.24) is 4.98 Å². The smallest absolute Gasteiger partial charge is 0.0992 e. The minimum Gasteiger partial charge on any atom is -0.261 e. The second-order valence-electron chi connectivity index (χ2n) is 3.49. The Morgan fingerprint density at radius 1 is 1.25 bits per heavy atom. The highest BCUT2D eigenvalue weighted by Crippen LogP contribution is 2.28. The zero-order valence-electron chi connectivity index (χ0n) is 8.74. The lowest BCUT2D eigenvalue weighted by Gasteiger charge is -2.04. The summed E-state index contributed by atoms with van der Waals surface area (Å²) in [6.45, 7) is 1.93. The number of nitrogens with zero attached hydrogens (tertiary/aromatic N) is 2. The summed E-state index contributed by atoms with van der Waals surface area (Å²) in [7, 11) is 0. The Morgan fingerprint density at radius 3 is 2.62 bits per heavy atom. The summed E-state index contributed by atoms with van der Waals surface area (Å²) in [4.78, 5) is 4.22. The average molecular weight is 229 g/mol. The lowest BCUT2D eigenvalue weighted by molar-refractivity contribution is 1.20. The van der Waals surface area contributed by atoms with Gasteiger partial charge in [0.15, 0.2) is 0 Å². The minimum absolute atomic E-state index is 0.564. The van der Waals surface area contributed by atoms with E-state index in [0.29, 0.717) is 10.6 Å².